The molecule has 0 aliphatic carbocycles. The molecule has 0 bridgehead atoms. The monoisotopic (exact) mass is 458 g/mol. The zero-order chi connectivity index (χ0) is 23.3. The molecule has 0 amide bonds. The lowest BCUT2D eigenvalue weighted by Gasteiger charge is -2.33. The normalized spacial score (nSPS) is 12.6. The van der Waals surface area contributed by atoms with E-state index in [1.807, 2.05) is 13.8 Å². The van der Waals surface area contributed by atoms with E-state index in [0.29, 0.717) is 0 Å². The van der Waals surface area contributed by atoms with Crippen LogP contribution in [0.25, 0.3) is 0 Å². The fourth-order valence-electron chi connectivity index (χ4n) is 4.94. The Hall–Kier alpha value is 0.250. The van der Waals surface area contributed by atoms with Crippen molar-refractivity contribution < 1.29 is 5.11 Å². The van der Waals surface area contributed by atoms with Gasteiger partial charge in [-0.15, -0.1) is 11.6 Å². The van der Waals surface area contributed by atoms with Gasteiger partial charge in [0.1, 0.15) is 0 Å². The molecule has 0 aliphatic rings. The second kappa shape index (κ2) is 20.8. The average molecular weight is 459 g/mol. The van der Waals surface area contributed by atoms with E-state index in [9.17, 15) is 5.11 Å². The van der Waals surface area contributed by atoms with Crippen molar-refractivity contribution in [2.45, 2.75) is 186 Å². The molecule has 0 atom stereocenters. The maximum atomic E-state index is 10.4. The van der Waals surface area contributed by atoms with E-state index in [1.54, 1.807) is 0 Å². The number of hydrogen-bond donors (Lipinski definition) is 1. The molecule has 0 spiro atoms. The highest BCUT2D eigenvalue weighted by Gasteiger charge is 2.32. The van der Waals surface area contributed by atoms with Crippen LogP contribution in [0.3, 0.4) is 0 Å². The molecule has 0 aromatic heterocycles. The SMILES string of the molecule is CCCCCCCCCCCCC(Cl)(CCCCCCCCCCCC)CC(C)(C)O. The molecule has 0 rings (SSSR count). The van der Waals surface area contributed by atoms with Crippen molar-refractivity contribution in [1.82, 2.24) is 0 Å². The van der Waals surface area contributed by atoms with Crippen LogP contribution in [-0.4, -0.2) is 15.6 Å². The maximum Gasteiger partial charge on any atom is 0.0608 e. The minimum absolute atomic E-state index is 0.210. The topological polar surface area (TPSA) is 20.2 Å². The Morgan fingerprint density at radius 1 is 0.484 bits per heavy atom. The molecule has 0 unspecified atom stereocenters. The zero-order valence-corrected chi connectivity index (χ0v) is 22.8. The molecule has 2 heteroatoms. The summed E-state index contributed by atoms with van der Waals surface area (Å²) in [6.45, 7) is 8.40. The van der Waals surface area contributed by atoms with Gasteiger partial charge in [0, 0.05) is 4.87 Å². The Bertz CT molecular complexity index is 336. The summed E-state index contributed by atoms with van der Waals surface area (Å²) in [6, 6.07) is 0. The van der Waals surface area contributed by atoms with Gasteiger partial charge in [0.25, 0.3) is 0 Å². The summed E-state index contributed by atoms with van der Waals surface area (Å²) >= 11 is 7.09. The molecule has 0 radical (unpaired) electrons. The van der Waals surface area contributed by atoms with Crippen LogP contribution in [0.2, 0.25) is 0 Å². The molecule has 31 heavy (non-hydrogen) atoms. The lowest BCUT2D eigenvalue weighted by molar-refractivity contribution is 0.0543. The van der Waals surface area contributed by atoms with E-state index in [-0.39, 0.29) is 4.87 Å². The second-order valence-electron chi connectivity index (χ2n) is 11.0. The summed E-state index contributed by atoms with van der Waals surface area (Å²) in [5.74, 6) is 0. The van der Waals surface area contributed by atoms with Crippen molar-refractivity contribution in [2.75, 3.05) is 0 Å². The lowest BCUT2D eigenvalue weighted by Crippen LogP contribution is -2.33. The minimum atomic E-state index is -0.668. The molecule has 0 fully saturated rings. The number of aliphatic hydroxyl groups is 1. The van der Waals surface area contributed by atoms with Crippen molar-refractivity contribution in [3.8, 4) is 0 Å². The van der Waals surface area contributed by atoms with Gasteiger partial charge < -0.3 is 5.11 Å². The van der Waals surface area contributed by atoms with Crippen LogP contribution in [0, 0.1) is 0 Å². The number of halogens is 1. The molecule has 0 saturated carbocycles. The molecule has 0 aromatic rings. The van der Waals surface area contributed by atoms with Crippen molar-refractivity contribution in [1.29, 1.82) is 0 Å². The first-order valence-electron chi connectivity index (χ1n) is 14.2. The number of unbranched alkanes of at least 4 members (excludes halogenated alkanes) is 18. The van der Waals surface area contributed by atoms with E-state index in [2.05, 4.69) is 13.8 Å². The summed E-state index contributed by atoms with van der Waals surface area (Å²) < 4.78 is 0. The number of alkyl halides is 1. The standard InChI is InChI=1S/C29H59ClO/c1-5-7-9-11-13-15-17-19-21-23-25-29(30,27-28(3,4)31)26-24-22-20-18-16-14-12-10-8-6-2/h31H,5-27H2,1-4H3. The van der Waals surface area contributed by atoms with Crippen molar-refractivity contribution in [3.05, 3.63) is 0 Å². The molecule has 188 valence electrons. The summed E-state index contributed by atoms with van der Waals surface area (Å²) in [5, 5.41) is 10.4. The minimum Gasteiger partial charge on any atom is -0.390 e. The second-order valence-corrected chi connectivity index (χ2v) is 11.8. The molecule has 1 N–H and O–H groups in total. The van der Waals surface area contributed by atoms with Crippen molar-refractivity contribution in [2.24, 2.45) is 0 Å². The van der Waals surface area contributed by atoms with Gasteiger partial charge in [-0.2, -0.15) is 0 Å². The van der Waals surface area contributed by atoms with Crippen LogP contribution in [0.15, 0.2) is 0 Å². The van der Waals surface area contributed by atoms with Crippen LogP contribution >= 0.6 is 11.6 Å². The smallest absolute Gasteiger partial charge is 0.0608 e. The molecular weight excluding hydrogens is 400 g/mol. The van der Waals surface area contributed by atoms with Gasteiger partial charge in [-0.3, -0.25) is 0 Å². The molecule has 1 nitrogen and oxygen atoms in total. The van der Waals surface area contributed by atoms with Crippen LogP contribution in [-0.2, 0) is 0 Å². The van der Waals surface area contributed by atoms with Gasteiger partial charge in [0.2, 0.25) is 0 Å². The first-order valence-corrected chi connectivity index (χ1v) is 14.6. The first kappa shape index (κ1) is 31.2. The van der Waals surface area contributed by atoms with E-state index >= 15 is 0 Å². The predicted octanol–water partition coefficient (Wildman–Crippen LogP) is 10.7. The molecule has 0 aliphatic heterocycles. The van der Waals surface area contributed by atoms with Crippen LogP contribution in [0.4, 0.5) is 0 Å². The number of rotatable bonds is 24. The predicted molar refractivity (Wildman–Crippen MR) is 142 cm³/mol. The summed E-state index contributed by atoms with van der Waals surface area (Å²) in [6.07, 6.45) is 30.1. The van der Waals surface area contributed by atoms with Crippen LogP contribution in [0.5, 0.6) is 0 Å². The van der Waals surface area contributed by atoms with Gasteiger partial charge in [0.15, 0.2) is 0 Å². The highest BCUT2D eigenvalue weighted by Crippen LogP contribution is 2.37. The van der Waals surface area contributed by atoms with Gasteiger partial charge in [-0.1, -0.05) is 142 Å². The fourth-order valence-corrected chi connectivity index (χ4v) is 5.53. The van der Waals surface area contributed by atoms with Gasteiger partial charge >= 0.3 is 0 Å². The maximum absolute atomic E-state index is 10.4. The Morgan fingerprint density at radius 3 is 1.00 bits per heavy atom. The number of hydrogen-bond acceptors (Lipinski definition) is 1. The highest BCUT2D eigenvalue weighted by molar-refractivity contribution is 6.24. The fraction of sp³-hybridized carbons (Fsp3) is 1.00. The summed E-state index contributed by atoms with van der Waals surface area (Å²) in [5.41, 5.74) is -0.668. The third-order valence-corrected chi connectivity index (χ3v) is 7.22. The molecule has 0 aromatic carbocycles. The van der Waals surface area contributed by atoms with E-state index in [1.165, 1.54) is 128 Å². The van der Waals surface area contributed by atoms with E-state index in [0.717, 1.165) is 19.3 Å². The van der Waals surface area contributed by atoms with E-state index in [4.69, 9.17) is 11.6 Å². The first-order chi connectivity index (χ1) is 14.8. The third-order valence-electron chi connectivity index (χ3n) is 6.71. The largest absolute Gasteiger partial charge is 0.390 e. The zero-order valence-electron chi connectivity index (χ0n) is 22.1. The Morgan fingerprint density at radius 2 is 0.742 bits per heavy atom. The van der Waals surface area contributed by atoms with E-state index < -0.39 is 5.60 Å². The molecular formula is C29H59ClO. The van der Waals surface area contributed by atoms with Crippen molar-refractivity contribution in [3.63, 3.8) is 0 Å². The average Bonchev–Trinajstić information content (AvgIpc) is 2.69. The highest BCUT2D eigenvalue weighted by atomic mass is 35.5. The van der Waals surface area contributed by atoms with Crippen LogP contribution in [0.1, 0.15) is 175 Å². The van der Waals surface area contributed by atoms with Crippen LogP contribution < -0.4 is 0 Å². The van der Waals surface area contributed by atoms with Gasteiger partial charge in [0.05, 0.1) is 5.60 Å². The lowest BCUT2D eigenvalue weighted by atomic mass is 9.84. The third kappa shape index (κ3) is 23.2. The Balaban J connectivity index is 3.90. The van der Waals surface area contributed by atoms with Crippen molar-refractivity contribution >= 4 is 11.6 Å². The summed E-state index contributed by atoms with van der Waals surface area (Å²) in [7, 11) is 0. The molecule has 0 saturated heterocycles. The van der Waals surface area contributed by atoms with Gasteiger partial charge in [-0.05, 0) is 33.1 Å². The quantitative estimate of drug-likeness (QED) is 0.112. The summed E-state index contributed by atoms with van der Waals surface area (Å²) in [4.78, 5) is -0.210. The Kier molecular flexibility index (Phi) is 21.0. The Labute approximate surface area is 202 Å². The van der Waals surface area contributed by atoms with Gasteiger partial charge in [-0.25, -0.2) is 0 Å². The molecule has 0 heterocycles.